The van der Waals surface area contributed by atoms with Crippen LogP contribution in [0.3, 0.4) is 0 Å². The lowest BCUT2D eigenvalue weighted by atomic mass is 9.90. The Morgan fingerprint density at radius 1 is 1.08 bits per heavy atom. The third-order valence-electron chi connectivity index (χ3n) is 4.57. The van der Waals surface area contributed by atoms with E-state index in [4.69, 9.17) is 0 Å². The van der Waals surface area contributed by atoms with Crippen LogP contribution in [0.15, 0.2) is 48.7 Å². The molecule has 1 aliphatic rings. The molecule has 2 aromatic rings. The lowest BCUT2D eigenvalue weighted by Gasteiger charge is -2.32. The number of aromatic nitrogens is 1. The van der Waals surface area contributed by atoms with Crippen LogP contribution in [0.25, 0.3) is 0 Å². The number of piperidine rings is 1. The van der Waals surface area contributed by atoms with Gasteiger partial charge in [-0.05, 0) is 42.9 Å². The van der Waals surface area contributed by atoms with Crippen LogP contribution in [-0.2, 0) is 12.6 Å². The first-order valence-electron chi connectivity index (χ1n) is 8.30. The Kier molecular flexibility index (Phi) is 5.06. The molecule has 0 unspecified atom stereocenters. The summed E-state index contributed by atoms with van der Waals surface area (Å²) in [5.74, 6) is 0.275. The van der Waals surface area contributed by atoms with Crippen molar-refractivity contribution in [1.29, 1.82) is 0 Å². The number of nitrogens with zero attached hydrogens (tertiary/aromatic N) is 2. The molecule has 0 radical (unpaired) electrons. The average Bonchev–Trinajstić information content (AvgIpc) is 2.62. The third kappa shape index (κ3) is 4.38. The van der Waals surface area contributed by atoms with Crippen LogP contribution in [0.2, 0.25) is 0 Å². The normalized spacial score (nSPS) is 16.0. The van der Waals surface area contributed by atoms with E-state index in [1.165, 1.54) is 11.6 Å². The Morgan fingerprint density at radius 2 is 1.76 bits per heavy atom. The molecule has 3 rings (SSSR count). The Bertz CT molecular complexity index is 706. The summed E-state index contributed by atoms with van der Waals surface area (Å²) in [6.45, 7) is 1.24. The number of halogens is 3. The lowest BCUT2D eigenvalue weighted by molar-refractivity contribution is -0.141. The highest BCUT2D eigenvalue weighted by molar-refractivity contribution is 5.94. The van der Waals surface area contributed by atoms with E-state index >= 15 is 0 Å². The van der Waals surface area contributed by atoms with Crippen molar-refractivity contribution in [1.82, 2.24) is 9.88 Å². The minimum Gasteiger partial charge on any atom is -0.339 e. The van der Waals surface area contributed by atoms with Gasteiger partial charge in [0.25, 0.3) is 5.91 Å². The number of alkyl halides is 3. The Balaban J connectivity index is 1.56. The van der Waals surface area contributed by atoms with Gasteiger partial charge in [-0.15, -0.1) is 0 Å². The fourth-order valence-electron chi connectivity index (χ4n) is 3.16. The van der Waals surface area contributed by atoms with Gasteiger partial charge in [0.05, 0.1) is 5.56 Å². The smallest absolute Gasteiger partial charge is 0.339 e. The predicted octanol–water partition coefficient (Wildman–Crippen LogP) is 4.20. The summed E-state index contributed by atoms with van der Waals surface area (Å²) >= 11 is 0. The van der Waals surface area contributed by atoms with E-state index < -0.39 is 11.9 Å². The van der Waals surface area contributed by atoms with Crippen LogP contribution >= 0.6 is 0 Å². The van der Waals surface area contributed by atoms with Gasteiger partial charge in [-0.3, -0.25) is 9.78 Å². The minimum absolute atomic E-state index is 0.203. The third-order valence-corrected chi connectivity index (χ3v) is 4.57. The van der Waals surface area contributed by atoms with Crippen molar-refractivity contribution in [3.63, 3.8) is 0 Å². The molecule has 2 heterocycles. The van der Waals surface area contributed by atoms with Crippen LogP contribution in [0.5, 0.6) is 0 Å². The maximum Gasteiger partial charge on any atom is 0.433 e. The summed E-state index contributed by atoms with van der Waals surface area (Å²) in [6, 6.07) is 12.3. The highest BCUT2D eigenvalue weighted by atomic mass is 19.4. The number of likely N-dealkylation sites (tertiary alicyclic amines) is 1. The number of carbonyl (C=O) groups is 1. The Hall–Kier alpha value is -2.37. The maximum absolute atomic E-state index is 12.5. The zero-order chi connectivity index (χ0) is 17.9. The van der Waals surface area contributed by atoms with Gasteiger partial charge >= 0.3 is 6.18 Å². The number of carbonyl (C=O) groups excluding carboxylic acids is 1. The molecular weight excluding hydrogens is 329 g/mol. The van der Waals surface area contributed by atoms with E-state index in [1.807, 2.05) is 18.2 Å². The number of hydrogen-bond donors (Lipinski definition) is 0. The molecule has 0 N–H and O–H groups in total. The molecule has 0 atom stereocenters. The molecule has 0 spiro atoms. The number of pyridine rings is 1. The summed E-state index contributed by atoms with van der Waals surface area (Å²) in [6.07, 6.45) is -0.688. The molecule has 1 saturated heterocycles. The van der Waals surface area contributed by atoms with Crippen LogP contribution < -0.4 is 0 Å². The van der Waals surface area contributed by atoms with Crippen molar-refractivity contribution in [2.45, 2.75) is 25.4 Å². The molecule has 25 heavy (non-hydrogen) atoms. The van der Waals surface area contributed by atoms with Crippen molar-refractivity contribution in [2.24, 2.45) is 5.92 Å². The topological polar surface area (TPSA) is 33.2 Å². The van der Waals surface area contributed by atoms with Gasteiger partial charge in [-0.1, -0.05) is 30.3 Å². The van der Waals surface area contributed by atoms with Gasteiger partial charge in [-0.25, -0.2) is 0 Å². The first-order valence-corrected chi connectivity index (χ1v) is 8.30. The monoisotopic (exact) mass is 348 g/mol. The first kappa shape index (κ1) is 17.5. The second-order valence-corrected chi connectivity index (χ2v) is 6.36. The summed E-state index contributed by atoms with van der Waals surface area (Å²) in [5.41, 5.74) is 0.513. The van der Waals surface area contributed by atoms with Crippen LogP contribution in [0.1, 0.15) is 34.5 Å². The van der Waals surface area contributed by atoms with E-state index in [0.29, 0.717) is 19.0 Å². The highest BCUT2D eigenvalue weighted by Gasteiger charge is 2.32. The first-order chi connectivity index (χ1) is 11.9. The fourth-order valence-corrected chi connectivity index (χ4v) is 3.16. The van der Waals surface area contributed by atoms with Gasteiger partial charge in [0.2, 0.25) is 0 Å². The zero-order valence-corrected chi connectivity index (χ0v) is 13.7. The van der Waals surface area contributed by atoms with E-state index in [1.54, 1.807) is 4.90 Å². The largest absolute Gasteiger partial charge is 0.433 e. The lowest BCUT2D eigenvalue weighted by Crippen LogP contribution is -2.39. The molecule has 1 fully saturated rings. The number of amides is 1. The van der Waals surface area contributed by atoms with Crippen molar-refractivity contribution in [2.75, 3.05) is 13.1 Å². The summed E-state index contributed by atoms with van der Waals surface area (Å²) < 4.78 is 37.6. The average molecular weight is 348 g/mol. The Morgan fingerprint density at radius 3 is 2.32 bits per heavy atom. The molecule has 6 heteroatoms. The van der Waals surface area contributed by atoms with Crippen LogP contribution in [-0.4, -0.2) is 28.9 Å². The number of hydrogen-bond acceptors (Lipinski definition) is 2. The van der Waals surface area contributed by atoms with Gasteiger partial charge in [0, 0.05) is 19.3 Å². The molecule has 1 amide bonds. The van der Waals surface area contributed by atoms with Crippen molar-refractivity contribution in [3.8, 4) is 0 Å². The van der Waals surface area contributed by atoms with Crippen molar-refractivity contribution < 1.29 is 18.0 Å². The highest BCUT2D eigenvalue weighted by Crippen LogP contribution is 2.28. The van der Waals surface area contributed by atoms with E-state index in [2.05, 4.69) is 17.1 Å². The molecule has 0 bridgehead atoms. The van der Waals surface area contributed by atoms with Crippen molar-refractivity contribution >= 4 is 5.91 Å². The number of rotatable bonds is 3. The quantitative estimate of drug-likeness (QED) is 0.833. The second kappa shape index (κ2) is 7.25. The SMILES string of the molecule is O=C(c1ccc(C(F)(F)F)nc1)N1CCC(Cc2ccccc2)CC1. The van der Waals surface area contributed by atoms with Gasteiger partial charge < -0.3 is 4.90 Å². The molecule has 0 aliphatic carbocycles. The Labute approximate surface area is 144 Å². The maximum atomic E-state index is 12.5. The predicted molar refractivity (Wildman–Crippen MR) is 88.0 cm³/mol. The van der Waals surface area contributed by atoms with Crippen molar-refractivity contribution in [3.05, 3.63) is 65.5 Å². The number of benzene rings is 1. The second-order valence-electron chi connectivity index (χ2n) is 6.36. The molecule has 0 saturated carbocycles. The molecule has 3 nitrogen and oxygen atoms in total. The molecular formula is C19H19F3N2O. The summed E-state index contributed by atoms with van der Waals surface area (Å²) in [5, 5.41) is 0. The minimum atomic E-state index is -4.49. The van der Waals surface area contributed by atoms with Crippen LogP contribution in [0.4, 0.5) is 13.2 Å². The van der Waals surface area contributed by atoms with E-state index in [0.717, 1.165) is 31.5 Å². The molecule has 1 aromatic carbocycles. The standard InChI is InChI=1S/C19H19F3N2O/c20-19(21,22)17-7-6-16(13-23-17)18(25)24-10-8-15(9-11-24)12-14-4-2-1-3-5-14/h1-7,13,15H,8-12H2. The molecule has 132 valence electrons. The fraction of sp³-hybridized carbons (Fsp3) is 0.368. The molecule has 1 aromatic heterocycles. The van der Waals surface area contributed by atoms with E-state index in [9.17, 15) is 18.0 Å². The van der Waals surface area contributed by atoms with Gasteiger partial charge in [0.15, 0.2) is 0 Å². The van der Waals surface area contributed by atoms with E-state index in [-0.39, 0.29) is 11.5 Å². The van der Waals surface area contributed by atoms with Crippen LogP contribution in [0, 0.1) is 5.92 Å². The summed E-state index contributed by atoms with van der Waals surface area (Å²) in [4.78, 5) is 17.5. The van der Waals surface area contributed by atoms with Gasteiger partial charge in [-0.2, -0.15) is 13.2 Å². The molecule has 1 aliphatic heterocycles. The zero-order valence-electron chi connectivity index (χ0n) is 13.7. The summed E-state index contributed by atoms with van der Waals surface area (Å²) in [7, 11) is 0. The van der Waals surface area contributed by atoms with Gasteiger partial charge in [0.1, 0.15) is 5.69 Å².